The van der Waals surface area contributed by atoms with Crippen LogP contribution in [0, 0.1) is 0 Å². The summed E-state index contributed by atoms with van der Waals surface area (Å²) in [4.78, 5) is 13.3. The van der Waals surface area contributed by atoms with Crippen molar-refractivity contribution in [2.45, 2.75) is 77.3 Å². The van der Waals surface area contributed by atoms with Crippen LogP contribution in [0.3, 0.4) is 0 Å². The van der Waals surface area contributed by atoms with Gasteiger partial charge in [0.1, 0.15) is 0 Å². The fourth-order valence-electron chi connectivity index (χ4n) is 2.99. The van der Waals surface area contributed by atoms with Crippen molar-refractivity contribution < 1.29 is 9.90 Å². The van der Waals surface area contributed by atoms with E-state index in [0.717, 1.165) is 12.8 Å². The minimum atomic E-state index is -0.674. The van der Waals surface area contributed by atoms with Crippen molar-refractivity contribution in [1.82, 2.24) is 4.90 Å². The van der Waals surface area contributed by atoms with Gasteiger partial charge in [0, 0.05) is 12.1 Å². The van der Waals surface area contributed by atoms with Crippen LogP contribution in [0.1, 0.15) is 65.2 Å². The van der Waals surface area contributed by atoms with Gasteiger partial charge in [0.25, 0.3) is 0 Å². The van der Waals surface area contributed by atoms with Crippen LogP contribution in [0.4, 0.5) is 0 Å². The molecule has 1 N–H and O–H groups in total. The number of rotatable bonds is 8. The molecule has 3 heteroatoms. The van der Waals surface area contributed by atoms with E-state index in [2.05, 4.69) is 18.7 Å². The van der Waals surface area contributed by atoms with Crippen molar-refractivity contribution in [1.29, 1.82) is 0 Å². The molecular formula is C14H27NO2. The van der Waals surface area contributed by atoms with E-state index in [4.69, 9.17) is 5.11 Å². The maximum Gasteiger partial charge on any atom is 0.317 e. The summed E-state index contributed by atoms with van der Waals surface area (Å²) < 4.78 is 0. The highest BCUT2D eigenvalue weighted by Gasteiger charge is 2.28. The number of hydrogen-bond donors (Lipinski definition) is 1. The third-order valence-electron chi connectivity index (χ3n) is 3.94. The van der Waals surface area contributed by atoms with Crippen molar-refractivity contribution in [2.24, 2.45) is 0 Å². The Hall–Kier alpha value is -0.570. The first-order valence-electron chi connectivity index (χ1n) is 7.16. The molecule has 1 rings (SSSR count). The van der Waals surface area contributed by atoms with Crippen molar-refractivity contribution in [3.05, 3.63) is 0 Å². The molecule has 100 valence electrons. The molecule has 0 saturated heterocycles. The molecule has 1 unspecified atom stereocenters. The molecule has 1 fully saturated rings. The third-order valence-corrected chi connectivity index (χ3v) is 3.94. The summed E-state index contributed by atoms with van der Waals surface area (Å²) in [6.45, 7) is 4.61. The highest BCUT2D eigenvalue weighted by molar-refractivity contribution is 5.69. The average molecular weight is 241 g/mol. The number of hydrogen-bond acceptors (Lipinski definition) is 2. The van der Waals surface area contributed by atoms with Crippen LogP contribution in [0.15, 0.2) is 0 Å². The van der Waals surface area contributed by atoms with Crippen LogP contribution in [-0.2, 0) is 4.79 Å². The molecule has 1 atom stereocenters. The third kappa shape index (κ3) is 4.66. The van der Waals surface area contributed by atoms with E-state index in [-0.39, 0.29) is 6.54 Å². The maximum atomic E-state index is 11.0. The Morgan fingerprint density at radius 2 is 2.00 bits per heavy atom. The first-order chi connectivity index (χ1) is 8.19. The fourth-order valence-corrected chi connectivity index (χ4v) is 2.99. The lowest BCUT2D eigenvalue weighted by Gasteiger charge is -2.35. The minimum Gasteiger partial charge on any atom is -0.480 e. The summed E-state index contributed by atoms with van der Waals surface area (Å²) >= 11 is 0. The summed E-state index contributed by atoms with van der Waals surface area (Å²) in [6, 6.07) is 0.988. The number of unbranched alkanes of at least 4 members (excludes halogenated alkanes) is 1. The van der Waals surface area contributed by atoms with Gasteiger partial charge in [0.05, 0.1) is 6.54 Å². The van der Waals surface area contributed by atoms with Gasteiger partial charge >= 0.3 is 5.97 Å². The van der Waals surface area contributed by atoms with Crippen molar-refractivity contribution in [2.75, 3.05) is 6.54 Å². The number of carbonyl (C=O) groups is 1. The molecule has 1 saturated carbocycles. The van der Waals surface area contributed by atoms with Crippen molar-refractivity contribution in [3.8, 4) is 0 Å². The lowest BCUT2D eigenvalue weighted by Crippen LogP contribution is -2.44. The largest absolute Gasteiger partial charge is 0.480 e. The Balaban J connectivity index is 2.60. The number of carboxylic acids is 1. The van der Waals surface area contributed by atoms with Gasteiger partial charge in [0.15, 0.2) is 0 Å². The quantitative estimate of drug-likeness (QED) is 0.709. The molecule has 0 amide bonds. The van der Waals surface area contributed by atoms with Crippen molar-refractivity contribution >= 4 is 5.97 Å². The van der Waals surface area contributed by atoms with Crippen LogP contribution in [-0.4, -0.2) is 34.6 Å². The van der Waals surface area contributed by atoms with Gasteiger partial charge in [-0.3, -0.25) is 9.69 Å². The topological polar surface area (TPSA) is 40.5 Å². The van der Waals surface area contributed by atoms with Gasteiger partial charge < -0.3 is 5.11 Å². The maximum absolute atomic E-state index is 11.0. The van der Waals surface area contributed by atoms with E-state index in [1.807, 2.05) is 0 Å². The smallest absolute Gasteiger partial charge is 0.317 e. The lowest BCUT2D eigenvalue weighted by molar-refractivity contribution is -0.139. The Morgan fingerprint density at radius 1 is 1.35 bits per heavy atom. The molecule has 1 aliphatic rings. The van der Waals surface area contributed by atoms with E-state index >= 15 is 0 Å². The summed E-state index contributed by atoms with van der Waals surface area (Å²) in [7, 11) is 0. The van der Waals surface area contributed by atoms with Crippen LogP contribution < -0.4 is 0 Å². The minimum absolute atomic E-state index is 0.229. The molecule has 0 heterocycles. The lowest BCUT2D eigenvalue weighted by atomic mass is 10.0. The van der Waals surface area contributed by atoms with Crippen LogP contribution in [0.2, 0.25) is 0 Å². The Labute approximate surface area is 105 Å². The zero-order valence-electron chi connectivity index (χ0n) is 11.3. The SMILES string of the molecule is CCCCC(CC)N(CC(=O)O)C1CCCC1. The number of nitrogens with zero attached hydrogens (tertiary/aromatic N) is 1. The highest BCUT2D eigenvalue weighted by atomic mass is 16.4. The zero-order chi connectivity index (χ0) is 12.7. The molecule has 0 spiro atoms. The number of aliphatic carboxylic acids is 1. The van der Waals surface area contributed by atoms with Crippen LogP contribution >= 0.6 is 0 Å². The first-order valence-corrected chi connectivity index (χ1v) is 7.16. The molecule has 0 aromatic heterocycles. The van der Waals surface area contributed by atoms with Gasteiger partial charge in [0.2, 0.25) is 0 Å². The van der Waals surface area contributed by atoms with E-state index in [9.17, 15) is 4.79 Å². The second-order valence-electron chi connectivity index (χ2n) is 5.21. The normalized spacial score (nSPS) is 18.8. The molecule has 3 nitrogen and oxygen atoms in total. The molecule has 1 aliphatic carbocycles. The summed E-state index contributed by atoms with van der Waals surface area (Å²) in [5.41, 5.74) is 0. The van der Waals surface area contributed by atoms with E-state index in [0.29, 0.717) is 12.1 Å². The Kier molecular flexibility index (Phi) is 6.56. The van der Waals surface area contributed by atoms with Crippen LogP contribution in [0.5, 0.6) is 0 Å². The predicted octanol–water partition coefficient (Wildman–Crippen LogP) is 3.28. The number of carboxylic acid groups (broad SMARTS) is 1. The molecule has 0 radical (unpaired) electrons. The van der Waals surface area contributed by atoms with Gasteiger partial charge in [-0.1, -0.05) is 39.5 Å². The summed E-state index contributed by atoms with van der Waals surface area (Å²) in [5, 5.41) is 9.07. The highest BCUT2D eigenvalue weighted by Crippen LogP contribution is 2.27. The Morgan fingerprint density at radius 3 is 2.47 bits per heavy atom. The molecule has 0 aromatic carbocycles. The molecule has 0 aromatic rings. The second kappa shape index (κ2) is 7.70. The molecular weight excluding hydrogens is 214 g/mol. The van der Waals surface area contributed by atoms with Crippen LogP contribution in [0.25, 0.3) is 0 Å². The molecule has 17 heavy (non-hydrogen) atoms. The van der Waals surface area contributed by atoms with Gasteiger partial charge in [-0.25, -0.2) is 0 Å². The van der Waals surface area contributed by atoms with Gasteiger partial charge in [-0.15, -0.1) is 0 Å². The molecule has 0 bridgehead atoms. The Bertz CT molecular complexity index is 224. The standard InChI is InChI=1S/C14H27NO2/c1-3-5-8-12(4-2)15(11-14(16)17)13-9-6-7-10-13/h12-13H,3-11H2,1-2H3,(H,16,17). The first kappa shape index (κ1) is 14.5. The zero-order valence-corrected chi connectivity index (χ0v) is 11.3. The van der Waals surface area contributed by atoms with E-state index < -0.39 is 5.97 Å². The summed E-state index contributed by atoms with van der Waals surface area (Å²) in [6.07, 6.45) is 9.55. The molecule has 0 aliphatic heterocycles. The fraction of sp³-hybridized carbons (Fsp3) is 0.929. The van der Waals surface area contributed by atoms with E-state index in [1.54, 1.807) is 0 Å². The van der Waals surface area contributed by atoms with Crippen molar-refractivity contribution in [3.63, 3.8) is 0 Å². The predicted molar refractivity (Wildman–Crippen MR) is 70.2 cm³/mol. The monoisotopic (exact) mass is 241 g/mol. The van der Waals surface area contributed by atoms with Gasteiger partial charge in [-0.05, 0) is 25.7 Å². The van der Waals surface area contributed by atoms with E-state index in [1.165, 1.54) is 38.5 Å². The summed E-state index contributed by atoms with van der Waals surface area (Å²) in [5.74, 6) is -0.674. The second-order valence-corrected chi connectivity index (χ2v) is 5.21. The average Bonchev–Trinajstić information content (AvgIpc) is 2.81. The van der Waals surface area contributed by atoms with Gasteiger partial charge in [-0.2, -0.15) is 0 Å².